The van der Waals surface area contributed by atoms with Crippen LogP contribution in [0.4, 0.5) is 22.7 Å². The van der Waals surface area contributed by atoms with E-state index in [9.17, 15) is 10.1 Å². The van der Waals surface area contributed by atoms with E-state index in [0.29, 0.717) is 17.9 Å². The molecule has 0 saturated carbocycles. The first-order chi connectivity index (χ1) is 17.8. The highest BCUT2D eigenvalue weighted by atomic mass is 16.6. The normalized spacial score (nSPS) is 19.2. The molecule has 0 aromatic heterocycles. The predicted octanol–water partition coefficient (Wildman–Crippen LogP) is 7.86. The van der Waals surface area contributed by atoms with Gasteiger partial charge in [-0.1, -0.05) is 48.0 Å². The number of fused-ring (bicyclic) bond motifs is 4. The molecule has 7 nitrogen and oxygen atoms in total. The molecule has 2 aliphatic heterocycles. The molecule has 4 aromatic rings. The van der Waals surface area contributed by atoms with E-state index >= 15 is 0 Å². The Bertz CT molecular complexity index is 1550. The van der Waals surface area contributed by atoms with Crippen molar-refractivity contribution in [3.8, 4) is 5.75 Å². The molecule has 0 bridgehead atoms. The van der Waals surface area contributed by atoms with Crippen LogP contribution in [-0.2, 0) is 17.7 Å². The fourth-order valence-corrected chi connectivity index (χ4v) is 5.63. The van der Waals surface area contributed by atoms with Gasteiger partial charge in [-0.05, 0) is 62.7 Å². The first-order valence-corrected chi connectivity index (χ1v) is 12.2. The predicted molar refractivity (Wildman–Crippen MR) is 143 cm³/mol. The van der Waals surface area contributed by atoms with E-state index in [-0.39, 0.29) is 11.1 Å². The highest BCUT2D eigenvalue weighted by molar-refractivity contribution is 5.70. The van der Waals surface area contributed by atoms with Crippen molar-refractivity contribution in [3.63, 3.8) is 0 Å². The second kappa shape index (κ2) is 8.27. The average Bonchev–Trinajstić information content (AvgIpc) is 3.10. The lowest BCUT2D eigenvalue weighted by atomic mass is 9.73. The van der Waals surface area contributed by atoms with Crippen LogP contribution in [0.3, 0.4) is 0 Å². The van der Waals surface area contributed by atoms with Gasteiger partial charge in [-0.3, -0.25) is 10.1 Å². The summed E-state index contributed by atoms with van der Waals surface area (Å²) in [5.74, 6) is 0.826. The van der Waals surface area contributed by atoms with E-state index in [1.165, 1.54) is 28.9 Å². The number of ether oxygens (including phenoxy) is 1. The van der Waals surface area contributed by atoms with Gasteiger partial charge in [0.2, 0.25) is 5.72 Å². The average molecular weight is 491 g/mol. The first kappa shape index (κ1) is 22.9. The maximum atomic E-state index is 10.9. The fourth-order valence-electron chi connectivity index (χ4n) is 5.63. The van der Waals surface area contributed by atoms with E-state index in [4.69, 9.17) is 4.74 Å². The quantitative estimate of drug-likeness (QED) is 0.166. The molecule has 0 fully saturated rings. The summed E-state index contributed by atoms with van der Waals surface area (Å²) in [6, 6.07) is 28.9. The molecule has 1 atom stereocenters. The van der Waals surface area contributed by atoms with Gasteiger partial charge in [0.05, 0.1) is 28.3 Å². The summed E-state index contributed by atoms with van der Waals surface area (Å²) < 4.78 is 7.01. The van der Waals surface area contributed by atoms with Gasteiger partial charge >= 0.3 is 0 Å². The Hall–Kier alpha value is -4.52. The number of hydrogen-bond acceptors (Lipinski definition) is 6. The summed E-state index contributed by atoms with van der Waals surface area (Å²) in [6.07, 6.45) is 0. The van der Waals surface area contributed by atoms with E-state index < -0.39 is 10.6 Å². The molecule has 0 spiro atoms. The standard InChI is InChI=1S/C30H26N4O3/c1-20-9-15-27-26(17-20)29(2,3)30(22-7-5-4-6-8-22)33(27)19-21-18-24(12-16-28(21)37-30)32-31-23-10-13-25(14-11-23)34(35)36/h4-18H,19H2,1-3H3. The van der Waals surface area contributed by atoms with Gasteiger partial charge in [0.25, 0.3) is 5.69 Å². The number of non-ortho nitro benzene ring substituents is 1. The van der Waals surface area contributed by atoms with Crippen molar-refractivity contribution in [2.24, 2.45) is 10.2 Å². The number of nitro benzene ring substituents is 1. The second-order valence-corrected chi connectivity index (χ2v) is 10.1. The minimum atomic E-state index is -0.695. The molecule has 0 amide bonds. The fraction of sp³-hybridized carbons (Fsp3) is 0.200. The first-order valence-electron chi connectivity index (χ1n) is 12.2. The summed E-state index contributed by atoms with van der Waals surface area (Å²) in [6.45, 7) is 7.30. The second-order valence-electron chi connectivity index (χ2n) is 10.1. The topological polar surface area (TPSA) is 80.3 Å². The molecule has 7 heteroatoms. The van der Waals surface area contributed by atoms with Crippen LogP contribution >= 0.6 is 0 Å². The summed E-state index contributed by atoms with van der Waals surface area (Å²) in [5, 5.41) is 19.5. The zero-order valence-electron chi connectivity index (χ0n) is 20.9. The minimum Gasteiger partial charge on any atom is -0.462 e. The Morgan fingerprint density at radius 2 is 1.59 bits per heavy atom. The molecule has 1 unspecified atom stereocenters. The Kier molecular flexibility index (Phi) is 5.12. The molecular formula is C30H26N4O3. The van der Waals surface area contributed by atoms with Gasteiger partial charge in [0.15, 0.2) is 0 Å². The number of aryl methyl sites for hydroxylation is 1. The van der Waals surface area contributed by atoms with Crippen LogP contribution in [0.2, 0.25) is 0 Å². The molecule has 0 aliphatic carbocycles. The highest BCUT2D eigenvalue weighted by Gasteiger charge is 2.62. The zero-order valence-corrected chi connectivity index (χ0v) is 20.9. The van der Waals surface area contributed by atoms with Crippen molar-refractivity contribution in [2.75, 3.05) is 4.90 Å². The summed E-state index contributed by atoms with van der Waals surface area (Å²) >= 11 is 0. The van der Waals surface area contributed by atoms with E-state index in [2.05, 4.69) is 78.4 Å². The van der Waals surface area contributed by atoms with Crippen molar-refractivity contribution in [1.82, 2.24) is 0 Å². The third-order valence-electron chi connectivity index (χ3n) is 7.48. The maximum absolute atomic E-state index is 10.9. The van der Waals surface area contributed by atoms with Crippen molar-refractivity contribution >= 4 is 22.7 Å². The van der Waals surface area contributed by atoms with Gasteiger partial charge in [-0.25, -0.2) is 0 Å². The van der Waals surface area contributed by atoms with Crippen LogP contribution in [-0.4, -0.2) is 4.92 Å². The molecule has 184 valence electrons. The Labute approximate surface area is 215 Å². The number of hydrogen-bond donors (Lipinski definition) is 0. The number of benzene rings is 4. The lowest BCUT2D eigenvalue weighted by Gasteiger charge is -2.50. The molecule has 0 saturated heterocycles. The Balaban J connectivity index is 1.41. The molecule has 0 N–H and O–H groups in total. The molecular weight excluding hydrogens is 464 g/mol. The largest absolute Gasteiger partial charge is 0.462 e. The van der Waals surface area contributed by atoms with Crippen LogP contribution < -0.4 is 9.64 Å². The molecule has 4 aromatic carbocycles. The van der Waals surface area contributed by atoms with Gasteiger partial charge in [0, 0.05) is 28.9 Å². The van der Waals surface area contributed by atoms with Crippen molar-refractivity contribution in [1.29, 1.82) is 0 Å². The summed E-state index contributed by atoms with van der Waals surface area (Å²) in [7, 11) is 0. The number of azo groups is 1. The van der Waals surface area contributed by atoms with Gasteiger partial charge < -0.3 is 9.64 Å². The van der Waals surface area contributed by atoms with Crippen LogP contribution in [0.25, 0.3) is 0 Å². The van der Waals surface area contributed by atoms with Crippen molar-refractivity contribution in [3.05, 3.63) is 123 Å². The van der Waals surface area contributed by atoms with Gasteiger partial charge in [-0.2, -0.15) is 10.2 Å². The Morgan fingerprint density at radius 3 is 2.32 bits per heavy atom. The lowest BCUT2D eigenvalue weighted by molar-refractivity contribution is -0.384. The van der Waals surface area contributed by atoms with E-state index in [0.717, 1.165) is 16.9 Å². The molecule has 2 heterocycles. The molecule has 37 heavy (non-hydrogen) atoms. The van der Waals surface area contributed by atoms with Crippen LogP contribution in [0.5, 0.6) is 5.75 Å². The number of nitro groups is 1. The number of nitrogens with zero attached hydrogens (tertiary/aromatic N) is 4. The third-order valence-corrected chi connectivity index (χ3v) is 7.48. The van der Waals surface area contributed by atoms with Crippen LogP contribution in [0, 0.1) is 17.0 Å². The molecule has 6 rings (SSSR count). The highest BCUT2D eigenvalue weighted by Crippen LogP contribution is 2.60. The van der Waals surface area contributed by atoms with E-state index in [1.54, 1.807) is 12.1 Å². The zero-order chi connectivity index (χ0) is 25.8. The third kappa shape index (κ3) is 3.49. The maximum Gasteiger partial charge on any atom is 0.269 e. The lowest BCUT2D eigenvalue weighted by Crippen LogP contribution is -2.58. The van der Waals surface area contributed by atoms with Crippen molar-refractivity contribution in [2.45, 2.75) is 38.5 Å². The number of anilines is 1. The summed E-state index contributed by atoms with van der Waals surface area (Å²) in [4.78, 5) is 12.8. The number of rotatable bonds is 4. The molecule has 2 aliphatic rings. The SMILES string of the molecule is Cc1ccc2c(c1)C(C)(C)C1(c3ccccc3)Oc3ccc(N=Nc4ccc([N+](=O)[O-])cc4)cc3CN21. The Morgan fingerprint density at radius 1 is 0.892 bits per heavy atom. The smallest absolute Gasteiger partial charge is 0.269 e. The minimum absolute atomic E-state index is 0.0239. The summed E-state index contributed by atoms with van der Waals surface area (Å²) in [5.41, 5.74) is 6.05. The molecule has 0 radical (unpaired) electrons. The van der Waals surface area contributed by atoms with E-state index in [1.807, 2.05) is 24.3 Å². The van der Waals surface area contributed by atoms with Gasteiger partial charge in [-0.15, -0.1) is 0 Å². The van der Waals surface area contributed by atoms with Crippen LogP contribution in [0.15, 0.2) is 101 Å². The van der Waals surface area contributed by atoms with Crippen molar-refractivity contribution < 1.29 is 9.66 Å². The van der Waals surface area contributed by atoms with Gasteiger partial charge in [0.1, 0.15) is 5.75 Å². The van der Waals surface area contributed by atoms with Crippen LogP contribution in [0.1, 0.15) is 36.1 Å². The monoisotopic (exact) mass is 490 g/mol.